The maximum Gasteiger partial charge on any atom is 0.294 e. The Kier molecular flexibility index (Phi) is 2.83. The third-order valence-corrected chi connectivity index (χ3v) is 1.69. The molecule has 0 aliphatic heterocycles. The molecule has 0 saturated heterocycles. The van der Waals surface area contributed by atoms with Crippen molar-refractivity contribution in [2.45, 2.75) is 0 Å². The van der Waals surface area contributed by atoms with Crippen LogP contribution >= 0.6 is 11.3 Å². The second-order valence-corrected chi connectivity index (χ2v) is 2.49. The van der Waals surface area contributed by atoms with Crippen LogP contribution in [0.25, 0.3) is 0 Å². The molecule has 0 radical (unpaired) electrons. The van der Waals surface area contributed by atoms with Crippen LogP contribution in [-0.4, -0.2) is 29.4 Å². The molecule has 6 nitrogen and oxygen atoms in total. The van der Waals surface area contributed by atoms with Gasteiger partial charge in [0.1, 0.15) is 5.51 Å². The number of rotatable bonds is 3. The van der Waals surface area contributed by atoms with Crippen LogP contribution in [0.5, 0.6) is 0 Å². The minimum Gasteiger partial charge on any atom is -0.303 e. The molecule has 7 heteroatoms. The summed E-state index contributed by atoms with van der Waals surface area (Å²) in [6, 6.07) is 0. The fraction of sp³-hybridized carbons (Fsp3) is 0.200. The zero-order valence-corrected chi connectivity index (χ0v) is 7.04. The van der Waals surface area contributed by atoms with Gasteiger partial charge in [-0.1, -0.05) is 11.3 Å². The lowest BCUT2D eigenvalue weighted by Gasteiger charge is -2.11. The first-order valence-corrected chi connectivity index (χ1v) is 3.82. The number of hydrogen-bond acceptors (Lipinski definition) is 6. The molecule has 1 aromatic rings. The van der Waals surface area contributed by atoms with Gasteiger partial charge in [-0.15, -0.1) is 10.2 Å². The van der Waals surface area contributed by atoms with Gasteiger partial charge in [-0.25, -0.2) is 0 Å². The van der Waals surface area contributed by atoms with Gasteiger partial charge in [0.05, 0.1) is 13.3 Å². The molecule has 12 heavy (non-hydrogen) atoms. The number of aromatic nitrogens is 2. The number of nitrogens with zero attached hydrogens (tertiary/aromatic N) is 3. The van der Waals surface area contributed by atoms with Gasteiger partial charge < -0.3 is 5.41 Å². The van der Waals surface area contributed by atoms with Crippen molar-refractivity contribution in [3.8, 4) is 0 Å². The highest BCUT2D eigenvalue weighted by Gasteiger charge is 2.15. The molecule has 1 heterocycles. The smallest absolute Gasteiger partial charge is 0.294 e. The highest BCUT2D eigenvalue weighted by molar-refractivity contribution is 7.13. The fourth-order valence-corrected chi connectivity index (χ4v) is 1.12. The molecule has 64 valence electrons. The van der Waals surface area contributed by atoms with E-state index in [2.05, 4.69) is 15.0 Å². The maximum absolute atomic E-state index is 10.9. The summed E-state index contributed by atoms with van der Waals surface area (Å²) in [6.45, 7) is 0. The Balaban J connectivity index is 2.83. The van der Waals surface area contributed by atoms with Crippen LogP contribution in [0.2, 0.25) is 0 Å². The van der Waals surface area contributed by atoms with Crippen LogP contribution < -0.4 is 5.06 Å². The van der Waals surface area contributed by atoms with Crippen molar-refractivity contribution >= 4 is 28.6 Å². The van der Waals surface area contributed by atoms with E-state index in [1.807, 2.05) is 0 Å². The molecule has 0 atom stereocenters. The monoisotopic (exact) mass is 186 g/mol. The van der Waals surface area contributed by atoms with Gasteiger partial charge in [0.15, 0.2) is 0 Å². The lowest BCUT2D eigenvalue weighted by molar-refractivity contribution is -0.117. The molecule has 0 spiro atoms. The molecule has 1 amide bonds. The number of hydroxylamine groups is 1. The number of carbonyl (C=O) groups is 1. The van der Waals surface area contributed by atoms with E-state index in [0.29, 0.717) is 11.3 Å². The first-order valence-electron chi connectivity index (χ1n) is 2.94. The highest BCUT2D eigenvalue weighted by Crippen LogP contribution is 2.14. The topological polar surface area (TPSA) is 79.2 Å². The molecule has 1 aromatic heterocycles. The van der Waals surface area contributed by atoms with E-state index in [1.165, 1.54) is 12.6 Å². The van der Waals surface area contributed by atoms with Crippen molar-refractivity contribution in [1.29, 1.82) is 5.41 Å². The van der Waals surface area contributed by atoms with Crippen LogP contribution in [0.15, 0.2) is 5.51 Å². The Labute approximate surface area is 72.2 Å². The first-order chi connectivity index (χ1) is 5.79. The number of anilines is 1. The molecule has 0 aliphatic carbocycles. The second-order valence-electron chi connectivity index (χ2n) is 1.68. The molecule has 0 fully saturated rings. The number of nitrogens with one attached hydrogen (secondary N) is 1. The van der Waals surface area contributed by atoms with E-state index in [4.69, 9.17) is 5.41 Å². The Bertz CT molecular complexity index is 273. The van der Waals surface area contributed by atoms with Gasteiger partial charge in [0.25, 0.3) is 5.91 Å². The minimum absolute atomic E-state index is 0.311. The number of hydrogen-bond donors (Lipinski definition) is 1. The Morgan fingerprint density at radius 3 is 3.08 bits per heavy atom. The average molecular weight is 186 g/mol. The van der Waals surface area contributed by atoms with Crippen LogP contribution in [0.3, 0.4) is 0 Å². The lowest BCUT2D eigenvalue weighted by atomic mass is 10.6. The summed E-state index contributed by atoms with van der Waals surface area (Å²) in [5.74, 6) is -0.589. The van der Waals surface area contributed by atoms with E-state index >= 15 is 0 Å². The number of amides is 1. The predicted molar refractivity (Wildman–Crippen MR) is 43.2 cm³/mol. The Morgan fingerprint density at radius 2 is 2.67 bits per heavy atom. The molecule has 0 bridgehead atoms. The summed E-state index contributed by atoms with van der Waals surface area (Å²) < 4.78 is 0. The third-order valence-electron chi connectivity index (χ3n) is 1.03. The normalized spacial score (nSPS) is 9.42. The summed E-state index contributed by atoms with van der Waals surface area (Å²) in [6.07, 6.45) is 0.644. The summed E-state index contributed by atoms with van der Waals surface area (Å²) in [4.78, 5) is 15.6. The molecular weight excluding hydrogens is 180 g/mol. The highest BCUT2D eigenvalue weighted by atomic mass is 32.1. The van der Waals surface area contributed by atoms with Crippen molar-refractivity contribution < 1.29 is 9.63 Å². The molecule has 1 N–H and O–H groups in total. The average Bonchev–Trinajstić information content (AvgIpc) is 2.58. The molecule has 0 aromatic carbocycles. The standard InChI is InChI=1S/C5H6N4O2S/c1-11-9(4(10)2-6)5-8-7-3-12-5/h2-3,6H,1H3. The lowest BCUT2D eigenvalue weighted by Crippen LogP contribution is -2.30. The number of carbonyl (C=O) groups excluding carboxylic acids is 1. The molecule has 0 unspecified atom stereocenters. The zero-order valence-electron chi connectivity index (χ0n) is 6.22. The largest absolute Gasteiger partial charge is 0.303 e. The van der Waals surface area contributed by atoms with Gasteiger partial charge >= 0.3 is 0 Å². The predicted octanol–water partition coefficient (Wildman–Crippen LogP) is 0.0821. The summed E-state index contributed by atoms with van der Waals surface area (Å²) in [5, 5.41) is 15.0. The van der Waals surface area contributed by atoms with E-state index in [9.17, 15) is 4.79 Å². The second kappa shape index (κ2) is 3.88. The Morgan fingerprint density at radius 1 is 1.92 bits per heavy atom. The third kappa shape index (κ3) is 1.63. The van der Waals surface area contributed by atoms with E-state index in [1.54, 1.807) is 0 Å². The van der Waals surface area contributed by atoms with Gasteiger partial charge in [-0.2, -0.15) is 5.06 Å². The summed E-state index contributed by atoms with van der Waals surface area (Å²) in [5.41, 5.74) is 1.47. The van der Waals surface area contributed by atoms with Crippen molar-refractivity contribution in [2.75, 3.05) is 12.2 Å². The van der Waals surface area contributed by atoms with Gasteiger partial charge in [0, 0.05) is 0 Å². The van der Waals surface area contributed by atoms with Crippen molar-refractivity contribution in [3.05, 3.63) is 5.51 Å². The van der Waals surface area contributed by atoms with E-state index in [-0.39, 0.29) is 0 Å². The molecular formula is C5H6N4O2S. The molecule has 1 rings (SSSR count). The zero-order chi connectivity index (χ0) is 8.97. The van der Waals surface area contributed by atoms with Crippen LogP contribution in [0.1, 0.15) is 0 Å². The minimum atomic E-state index is -0.589. The van der Waals surface area contributed by atoms with Crippen molar-refractivity contribution in [3.63, 3.8) is 0 Å². The summed E-state index contributed by atoms with van der Waals surface area (Å²) in [7, 11) is 1.32. The van der Waals surface area contributed by atoms with E-state index < -0.39 is 5.91 Å². The molecule has 0 saturated carbocycles. The van der Waals surface area contributed by atoms with E-state index in [0.717, 1.165) is 16.4 Å². The van der Waals surface area contributed by atoms with Crippen LogP contribution in [0, 0.1) is 5.41 Å². The van der Waals surface area contributed by atoms with Crippen LogP contribution in [-0.2, 0) is 9.63 Å². The van der Waals surface area contributed by atoms with Crippen LogP contribution in [0.4, 0.5) is 5.13 Å². The SMILES string of the molecule is CON(C(=O)C=N)c1nncs1. The van der Waals surface area contributed by atoms with Gasteiger partial charge in [0.2, 0.25) is 5.13 Å². The quantitative estimate of drug-likeness (QED) is 0.535. The summed E-state index contributed by atoms with van der Waals surface area (Å²) >= 11 is 1.15. The maximum atomic E-state index is 10.9. The van der Waals surface area contributed by atoms with Crippen molar-refractivity contribution in [1.82, 2.24) is 10.2 Å². The Hall–Kier alpha value is -1.34. The van der Waals surface area contributed by atoms with Gasteiger partial charge in [-0.05, 0) is 0 Å². The fourth-order valence-electron chi connectivity index (χ4n) is 0.577. The van der Waals surface area contributed by atoms with Gasteiger partial charge in [-0.3, -0.25) is 9.63 Å². The first kappa shape index (κ1) is 8.75. The van der Waals surface area contributed by atoms with Crippen molar-refractivity contribution in [2.24, 2.45) is 0 Å². The molecule has 0 aliphatic rings.